The number of aliphatic hydroxyl groups is 1. The van der Waals surface area contributed by atoms with Gasteiger partial charge in [0.1, 0.15) is 0 Å². The van der Waals surface area contributed by atoms with E-state index in [0.717, 1.165) is 0 Å². The Balaban J connectivity index is 1.81. The summed E-state index contributed by atoms with van der Waals surface area (Å²) in [5.74, 6) is 1.93. The highest BCUT2D eigenvalue weighted by molar-refractivity contribution is 7.99. The first-order chi connectivity index (χ1) is 8.86. The molecular weight excluding hydrogens is 240 g/mol. The van der Waals surface area contributed by atoms with Crippen LogP contribution in [-0.2, 0) is 0 Å². The van der Waals surface area contributed by atoms with Crippen LogP contribution in [0.4, 0.5) is 0 Å². The molecule has 2 fully saturated rings. The van der Waals surface area contributed by atoms with Gasteiger partial charge in [-0.2, -0.15) is 11.8 Å². The van der Waals surface area contributed by atoms with Crippen LogP contribution in [0.25, 0.3) is 0 Å². The van der Waals surface area contributed by atoms with E-state index < -0.39 is 0 Å². The summed E-state index contributed by atoms with van der Waals surface area (Å²) in [7, 11) is 0. The van der Waals surface area contributed by atoms with E-state index in [2.05, 4.69) is 24.3 Å². The van der Waals surface area contributed by atoms with Crippen molar-refractivity contribution in [1.29, 1.82) is 0 Å². The van der Waals surface area contributed by atoms with Gasteiger partial charge in [0.05, 0.1) is 6.10 Å². The molecule has 2 heteroatoms. The van der Waals surface area contributed by atoms with Gasteiger partial charge in [0.15, 0.2) is 0 Å². The summed E-state index contributed by atoms with van der Waals surface area (Å²) in [5.41, 5.74) is 2.63. The number of rotatable bonds is 3. The minimum absolute atomic E-state index is 0.257. The summed E-state index contributed by atoms with van der Waals surface area (Å²) in [5, 5.41) is 11.1. The molecule has 0 bridgehead atoms. The average molecular weight is 262 g/mol. The van der Waals surface area contributed by atoms with Crippen molar-refractivity contribution < 1.29 is 5.11 Å². The van der Waals surface area contributed by atoms with Gasteiger partial charge in [0, 0.05) is 5.25 Å². The van der Waals surface area contributed by atoms with Gasteiger partial charge >= 0.3 is 0 Å². The maximum atomic E-state index is 10.7. The highest BCUT2D eigenvalue weighted by atomic mass is 32.2. The zero-order valence-corrected chi connectivity index (χ0v) is 11.7. The molecule has 1 saturated carbocycles. The van der Waals surface area contributed by atoms with Crippen molar-refractivity contribution in [3.63, 3.8) is 0 Å². The number of aliphatic hydroxyl groups excluding tert-OH is 1. The van der Waals surface area contributed by atoms with Gasteiger partial charge in [-0.1, -0.05) is 37.1 Å². The number of benzene rings is 1. The quantitative estimate of drug-likeness (QED) is 0.877. The Kier molecular flexibility index (Phi) is 3.95. The van der Waals surface area contributed by atoms with E-state index in [1.165, 1.54) is 55.4 Å². The molecule has 0 spiro atoms. The van der Waals surface area contributed by atoms with Gasteiger partial charge in [-0.05, 0) is 48.5 Å². The molecule has 1 N–H and O–H groups in total. The van der Waals surface area contributed by atoms with Crippen LogP contribution in [0.3, 0.4) is 0 Å². The summed E-state index contributed by atoms with van der Waals surface area (Å²) < 4.78 is 0. The maximum absolute atomic E-state index is 10.7. The summed E-state index contributed by atoms with van der Waals surface area (Å²) in [4.78, 5) is 0. The summed E-state index contributed by atoms with van der Waals surface area (Å²) in [6.07, 6.45) is 7.48. The second-order valence-electron chi connectivity index (χ2n) is 5.61. The van der Waals surface area contributed by atoms with Crippen molar-refractivity contribution in [3.05, 3.63) is 35.4 Å². The molecule has 1 heterocycles. The molecular formula is C16H22OS. The van der Waals surface area contributed by atoms with Gasteiger partial charge in [0.2, 0.25) is 0 Å². The molecule has 1 nitrogen and oxygen atoms in total. The van der Waals surface area contributed by atoms with Gasteiger partial charge < -0.3 is 5.11 Å². The number of hydrogen-bond donors (Lipinski definition) is 1. The molecule has 1 aromatic carbocycles. The van der Waals surface area contributed by atoms with Crippen molar-refractivity contribution in [2.24, 2.45) is 0 Å². The lowest BCUT2D eigenvalue weighted by Gasteiger charge is -2.32. The standard InChI is InChI=1S/C16H22OS/c17-16(15-10-3-4-11-18-15)14-9-2-1-8-13(14)12-6-5-7-12/h1-2,8-9,12,15-17H,3-7,10-11H2. The van der Waals surface area contributed by atoms with Crippen LogP contribution < -0.4 is 0 Å². The molecule has 0 aromatic heterocycles. The summed E-state index contributed by atoms with van der Waals surface area (Å²) in [6, 6.07) is 8.58. The second kappa shape index (κ2) is 5.66. The van der Waals surface area contributed by atoms with Crippen molar-refractivity contribution >= 4 is 11.8 Å². The van der Waals surface area contributed by atoms with Crippen LogP contribution in [0.2, 0.25) is 0 Å². The van der Waals surface area contributed by atoms with Crippen LogP contribution in [0, 0.1) is 0 Å². The first-order valence-corrected chi connectivity index (χ1v) is 8.29. The largest absolute Gasteiger partial charge is 0.387 e. The summed E-state index contributed by atoms with van der Waals surface area (Å²) in [6.45, 7) is 0. The van der Waals surface area contributed by atoms with E-state index in [0.29, 0.717) is 11.2 Å². The normalized spacial score (nSPS) is 26.6. The zero-order chi connectivity index (χ0) is 12.4. The zero-order valence-electron chi connectivity index (χ0n) is 10.8. The van der Waals surface area contributed by atoms with Gasteiger partial charge in [0.25, 0.3) is 0 Å². The Labute approximate surface area is 114 Å². The van der Waals surface area contributed by atoms with Crippen LogP contribution in [0.15, 0.2) is 24.3 Å². The fourth-order valence-corrected chi connectivity index (χ4v) is 4.42. The molecule has 1 aliphatic carbocycles. The predicted molar refractivity (Wildman–Crippen MR) is 78.1 cm³/mol. The minimum atomic E-state index is -0.257. The lowest BCUT2D eigenvalue weighted by Crippen LogP contribution is -2.22. The third-order valence-corrected chi connectivity index (χ3v) is 5.87. The molecule has 98 valence electrons. The molecule has 0 amide bonds. The van der Waals surface area contributed by atoms with E-state index in [9.17, 15) is 5.11 Å². The van der Waals surface area contributed by atoms with Crippen molar-refractivity contribution in [2.45, 2.75) is 55.8 Å². The molecule has 2 atom stereocenters. The third-order valence-electron chi connectivity index (χ3n) is 4.43. The fraction of sp³-hybridized carbons (Fsp3) is 0.625. The first-order valence-electron chi connectivity index (χ1n) is 7.25. The Morgan fingerprint density at radius 2 is 1.89 bits per heavy atom. The topological polar surface area (TPSA) is 20.2 Å². The SMILES string of the molecule is OC(c1ccccc1C1CCC1)C1CCCCS1. The second-order valence-corrected chi connectivity index (χ2v) is 6.95. The van der Waals surface area contributed by atoms with E-state index in [4.69, 9.17) is 0 Å². The number of hydrogen-bond acceptors (Lipinski definition) is 2. The van der Waals surface area contributed by atoms with Crippen molar-refractivity contribution in [1.82, 2.24) is 0 Å². The van der Waals surface area contributed by atoms with Gasteiger partial charge in [-0.15, -0.1) is 0 Å². The monoisotopic (exact) mass is 262 g/mol. The van der Waals surface area contributed by atoms with E-state index in [1.54, 1.807) is 0 Å². The lowest BCUT2D eigenvalue weighted by molar-refractivity contribution is 0.166. The van der Waals surface area contributed by atoms with E-state index >= 15 is 0 Å². The number of thioether (sulfide) groups is 1. The van der Waals surface area contributed by atoms with Crippen LogP contribution in [0.1, 0.15) is 61.7 Å². The molecule has 3 rings (SSSR count). The highest BCUT2D eigenvalue weighted by Crippen LogP contribution is 2.42. The average Bonchev–Trinajstić information content (AvgIpc) is 2.38. The Bertz CT molecular complexity index is 394. The highest BCUT2D eigenvalue weighted by Gasteiger charge is 2.29. The maximum Gasteiger partial charge on any atom is 0.0911 e. The molecule has 1 aliphatic heterocycles. The predicted octanol–water partition coefficient (Wildman–Crippen LogP) is 4.27. The molecule has 18 heavy (non-hydrogen) atoms. The van der Waals surface area contributed by atoms with Crippen LogP contribution in [0.5, 0.6) is 0 Å². The Hall–Kier alpha value is -0.470. The minimum Gasteiger partial charge on any atom is -0.387 e. The molecule has 1 saturated heterocycles. The lowest BCUT2D eigenvalue weighted by atomic mass is 9.77. The summed E-state index contributed by atoms with van der Waals surface area (Å²) >= 11 is 1.96. The van der Waals surface area contributed by atoms with Crippen LogP contribution in [-0.4, -0.2) is 16.1 Å². The first kappa shape index (κ1) is 12.6. The molecule has 2 aliphatic rings. The molecule has 0 radical (unpaired) electrons. The Morgan fingerprint density at radius 1 is 1.06 bits per heavy atom. The van der Waals surface area contributed by atoms with E-state index in [-0.39, 0.29) is 6.10 Å². The van der Waals surface area contributed by atoms with Crippen molar-refractivity contribution in [2.75, 3.05) is 5.75 Å². The Morgan fingerprint density at radius 3 is 2.56 bits per heavy atom. The fourth-order valence-electron chi connectivity index (χ4n) is 3.09. The van der Waals surface area contributed by atoms with Gasteiger partial charge in [-0.25, -0.2) is 0 Å². The third kappa shape index (κ3) is 2.46. The smallest absolute Gasteiger partial charge is 0.0911 e. The van der Waals surface area contributed by atoms with Crippen molar-refractivity contribution in [3.8, 4) is 0 Å². The van der Waals surface area contributed by atoms with E-state index in [1.807, 2.05) is 11.8 Å². The molecule has 2 unspecified atom stereocenters. The molecule has 1 aromatic rings. The van der Waals surface area contributed by atoms with Crippen LogP contribution >= 0.6 is 11.8 Å². The van der Waals surface area contributed by atoms with Gasteiger partial charge in [-0.3, -0.25) is 0 Å².